The number of morpholine rings is 1. The number of amides is 1. The van der Waals surface area contributed by atoms with Gasteiger partial charge in [-0.05, 0) is 72.6 Å². The molecule has 4 heterocycles. The van der Waals surface area contributed by atoms with Crippen molar-refractivity contribution in [2.45, 2.75) is 84.9 Å². The second-order valence-electron chi connectivity index (χ2n) is 14.6. The summed E-state index contributed by atoms with van der Waals surface area (Å²) >= 11 is 0. The largest absolute Gasteiger partial charge is 0.448 e. The normalized spacial score (nSPS) is 22.1. The van der Waals surface area contributed by atoms with E-state index in [0.717, 1.165) is 0 Å². The van der Waals surface area contributed by atoms with Gasteiger partial charge in [-0.2, -0.15) is 8.78 Å². The van der Waals surface area contributed by atoms with E-state index < -0.39 is 58.3 Å². The van der Waals surface area contributed by atoms with Gasteiger partial charge in [0.25, 0.3) is 5.79 Å². The van der Waals surface area contributed by atoms with Gasteiger partial charge >= 0.3 is 12.1 Å². The van der Waals surface area contributed by atoms with Crippen LogP contribution < -0.4 is 19.1 Å². The second kappa shape index (κ2) is 13.7. The zero-order valence-corrected chi connectivity index (χ0v) is 29.9. The number of hydrogen-bond acceptors (Lipinski definition) is 9. The lowest BCUT2D eigenvalue weighted by Crippen LogP contribution is -2.50. The molecule has 15 heteroatoms. The highest BCUT2D eigenvalue weighted by Gasteiger charge is 2.48. The third-order valence-corrected chi connectivity index (χ3v) is 9.37. The van der Waals surface area contributed by atoms with Crippen LogP contribution in [0.15, 0.2) is 24.4 Å². The summed E-state index contributed by atoms with van der Waals surface area (Å²) in [6.07, 6.45) is 2.08. The minimum Gasteiger partial charge on any atom is -0.448 e. The topological polar surface area (TPSA) is 99.7 Å². The molecule has 10 nitrogen and oxygen atoms in total. The maximum Gasteiger partial charge on any atom is 0.410 e. The summed E-state index contributed by atoms with van der Waals surface area (Å²) in [4.78, 5) is 34.6. The molecule has 6 rings (SSSR count). The van der Waals surface area contributed by atoms with Gasteiger partial charge < -0.3 is 33.5 Å². The fraction of sp³-hybridized carbons (Fsp3) is 0.486. The lowest BCUT2D eigenvalue weighted by molar-refractivity contribution is -0.124. The van der Waals surface area contributed by atoms with E-state index in [4.69, 9.17) is 23.7 Å². The first-order chi connectivity index (χ1) is 24.4. The van der Waals surface area contributed by atoms with E-state index in [1.165, 1.54) is 13.0 Å². The standard InChI is InChI=1S/C37H40F5N3O7/c1-18-16-45(17-19(2)48-18)25-9-8-21(15-43-25)24-14-23(34(46)49-33-29(41)27(39)26(38)28(40)30(33)42)20(3)31-32(24)51-37(7,50-31)22-10-12-44(13-11-22)35(47)52-36(4,5)6/h8-9,14-15,18-19,22H,10-13,16-17H2,1-7H3. The molecule has 280 valence electrons. The fourth-order valence-electron chi connectivity index (χ4n) is 6.81. The predicted octanol–water partition coefficient (Wildman–Crippen LogP) is 7.72. The van der Waals surface area contributed by atoms with Crippen molar-refractivity contribution in [2.24, 2.45) is 5.92 Å². The maximum absolute atomic E-state index is 14.6. The molecule has 3 atom stereocenters. The number of hydrogen-bond donors (Lipinski definition) is 0. The highest BCUT2D eigenvalue weighted by atomic mass is 19.2. The van der Waals surface area contributed by atoms with Gasteiger partial charge in [0.1, 0.15) is 11.4 Å². The number of carbonyl (C=O) groups is 2. The Labute approximate surface area is 297 Å². The van der Waals surface area contributed by atoms with E-state index in [1.54, 1.807) is 50.9 Å². The lowest BCUT2D eigenvalue weighted by Gasteiger charge is -2.39. The van der Waals surface area contributed by atoms with E-state index >= 15 is 0 Å². The van der Waals surface area contributed by atoms with Crippen molar-refractivity contribution in [3.63, 3.8) is 0 Å². The first-order valence-electron chi connectivity index (χ1n) is 17.0. The summed E-state index contributed by atoms with van der Waals surface area (Å²) in [5, 5.41) is 0. The van der Waals surface area contributed by atoms with Crippen molar-refractivity contribution >= 4 is 17.9 Å². The van der Waals surface area contributed by atoms with Gasteiger partial charge in [0.05, 0.1) is 17.8 Å². The molecule has 3 aromatic rings. The van der Waals surface area contributed by atoms with Crippen LogP contribution >= 0.6 is 0 Å². The Morgan fingerprint density at radius 3 is 2.04 bits per heavy atom. The zero-order valence-electron chi connectivity index (χ0n) is 29.9. The summed E-state index contributed by atoms with van der Waals surface area (Å²) in [5.74, 6) is -15.1. The Morgan fingerprint density at radius 2 is 1.48 bits per heavy atom. The molecule has 3 unspecified atom stereocenters. The average Bonchev–Trinajstić information content (AvgIpc) is 3.46. The number of fused-ring (bicyclic) bond motifs is 1. The van der Waals surface area contributed by atoms with E-state index in [0.29, 0.717) is 56.0 Å². The molecule has 0 spiro atoms. The molecule has 1 aromatic heterocycles. The van der Waals surface area contributed by atoms with Gasteiger partial charge in [-0.3, -0.25) is 0 Å². The van der Waals surface area contributed by atoms with Crippen molar-refractivity contribution in [1.82, 2.24) is 9.88 Å². The first-order valence-corrected chi connectivity index (χ1v) is 17.0. The van der Waals surface area contributed by atoms with Crippen molar-refractivity contribution in [3.8, 4) is 28.4 Å². The molecule has 3 aliphatic rings. The van der Waals surface area contributed by atoms with E-state index in [9.17, 15) is 31.5 Å². The number of anilines is 1. The van der Waals surface area contributed by atoms with Gasteiger partial charge in [-0.15, -0.1) is 0 Å². The summed E-state index contributed by atoms with van der Waals surface area (Å²) in [6, 6.07) is 4.90. The number of likely N-dealkylation sites (tertiary alicyclic amines) is 1. The molecule has 0 bridgehead atoms. The van der Waals surface area contributed by atoms with E-state index in [1.807, 2.05) is 13.8 Å². The number of ether oxygens (including phenoxy) is 5. The molecule has 2 saturated heterocycles. The third kappa shape index (κ3) is 7.06. The Hall–Kier alpha value is -4.66. The Balaban J connectivity index is 1.35. The van der Waals surface area contributed by atoms with Crippen molar-refractivity contribution in [2.75, 3.05) is 31.1 Å². The number of aromatic nitrogens is 1. The molecule has 1 amide bonds. The van der Waals surface area contributed by atoms with Crippen LogP contribution in [0.2, 0.25) is 0 Å². The van der Waals surface area contributed by atoms with Crippen LogP contribution in [-0.4, -0.2) is 71.7 Å². The van der Waals surface area contributed by atoms with Crippen LogP contribution in [0, 0.1) is 41.9 Å². The minimum absolute atomic E-state index is 0.0175. The van der Waals surface area contributed by atoms with Crippen molar-refractivity contribution in [1.29, 1.82) is 0 Å². The van der Waals surface area contributed by atoms with Crippen LogP contribution in [0.5, 0.6) is 17.2 Å². The quantitative estimate of drug-likeness (QED) is 0.0858. The first kappa shape index (κ1) is 37.1. The molecular formula is C37H40F5N3O7. The number of carbonyl (C=O) groups excluding carboxylic acids is 2. The molecule has 0 aliphatic carbocycles. The third-order valence-electron chi connectivity index (χ3n) is 9.37. The molecule has 0 N–H and O–H groups in total. The highest BCUT2D eigenvalue weighted by Crippen LogP contribution is 2.52. The van der Waals surface area contributed by atoms with Gasteiger partial charge in [0, 0.05) is 61.9 Å². The van der Waals surface area contributed by atoms with Crippen molar-refractivity contribution in [3.05, 3.63) is 64.6 Å². The summed E-state index contributed by atoms with van der Waals surface area (Å²) < 4.78 is 100. The summed E-state index contributed by atoms with van der Waals surface area (Å²) in [5.41, 5.74) is -0.00206. The molecule has 3 aliphatic heterocycles. The SMILES string of the molecule is Cc1c(C(=O)Oc2c(F)c(F)c(F)c(F)c2F)cc(-c2ccc(N3CC(C)OC(C)C3)nc2)c2c1OC(C)(C1CCN(C(=O)OC(C)(C)C)CC1)O2. The van der Waals surface area contributed by atoms with Crippen molar-refractivity contribution < 1.29 is 55.2 Å². The molecule has 52 heavy (non-hydrogen) atoms. The Kier molecular flexibility index (Phi) is 9.79. The van der Waals surface area contributed by atoms with Gasteiger partial charge in [-0.25, -0.2) is 27.7 Å². The van der Waals surface area contributed by atoms with Crippen LogP contribution in [0.1, 0.15) is 70.3 Å². The maximum atomic E-state index is 14.6. The number of esters is 1. The summed E-state index contributed by atoms with van der Waals surface area (Å²) in [6.45, 7) is 14.5. The second-order valence-corrected chi connectivity index (χ2v) is 14.6. The van der Waals surface area contributed by atoms with E-state index in [-0.39, 0.29) is 40.8 Å². The molecule has 2 fully saturated rings. The summed E-state index contributed by atoms with van der Waals surface area (Å²) in [7, 11) is 0. The molecular weight excluding hydrogens is 693 g/mol. The zero-order chi connectivity index (χ0) is 37.9. The van der Waals surface area contributed by atoms with Gasteiger partial charge in [0.2, 0.25) is 34.8 Å². The number of piperidine rings is 1. The Morgan fingerprint density at radius 1 is 0.904 bits per heavy atom. The molecule has 0 saturated carbocycles. The predicted molar refractivity (Wildman–Crippen MR) is 178 cm³/mol. The van der Waals surface area contributed by atoms with E-state index in [2.05, 4.69) is 9.88 Å². The van der Waals surface area contributed by atoms with Crippen LogP contribution in [0.25, 0.3) is 11.1 Å². The molecule has 0 radical (unpaired) electrons. The number of benzene rings is 2. The fourth-order valence-corrected chi connectivity index (χ4v) is 6.81. The molecule has 2 aromatic carbocycles. The Bertz CT molecular complexity index is 1860. The highest BCUT2D eigenvalue weighted by molar-refractivity contribution is 5.97. The smallest absolute Gasteiger partial charge is 0.410 e. The number of nitrogens with zero attached hydrogens (tertiary/aromatic N) is 3. The van der Waals surface area contributed by atoms with Crippen LogP contribution in [0.3, 0.4) is 0 Å². The van der Waals surface area contributed by atoms with Gasteiger partial charge in [-0.1, -0.05) is 0 Å². The monoisotopic (exact) mass is 733 g/mol. The number of pyridine rings is 1. The van der Waals surface area contributed by atoms with Crippen LogP contribution in [-0.2, 0) is 9.47 Å². The lowest BCUT2D eigenvalue weighted by atomic mass is 9.89. The average molecular weight is 734 g/mol. The van der Waals surface area contributed by atoms with Gasteiger partial charge in [0.15, 0.2) is 11.5 Å². The number of halogens is 5. The van der Waals surface area contributed by atoms with Crippen LogP contribution in [0.4, 0.5) is 32.6 Å². The number of rotatable bonds is 5. The minimum atomic E-state index is -2.38.